The van der Waals surface area contributed by atoms with Crippen molar-refractivity contribution in [3.05, 3.63) is 17.6 Å². The van der Waals surface area contributed by atoms with Crippen LogP contribution in [0.4, 0.5) is 10.2 Å². The lowest BCUT2D eigenvalue weighted by molar-refractivity contribution is -0.138. The molecule has 2 saturated heterocycles. The van der Waals surface area contributed by atoms with E-state index < -0.39 is 6.17 Å². The third-order valence-corrected chi connectivity index (χ3v) is 7.18. The number of hydrogen-bond acceptors (Lipinski definition) is 7. The number of amides is 2. The minimum Gasteiger partial charge on any atom is -0.385 e. The van der Waals surface area contributed by atoms with Crippen LogP contribution in [0.2, 0.25) is 0 Å². The summed E-state index contributed by atoms with van der Waals surface area (Å²) in [5, 5.41) is 6.73. The third-order valence-electron chi connectivity index (χ3n) is 7.18. The zero-order chi connectivity index (χ0) is 27.9. The molecule has 2 aliphatic rings. The molecule has 0 unspecified atom stereocenters. The van der Waals surface area contributed by atoms with Crippen molar-refractivity contribution in [2.24, 2.45) is 11.8 Å². The molecule has 0 aliphatic carbocycles. The van der Waals surface area contributed by atoms with Gasteiger partial charge in [0.15, 0.2) is 0 Å². The fourth-order valence-electron chi connectivity index (χ4n) is 5.08. The van der Waals surface area contributed by atoms with E-state index in [-0.39, 0.29) is 35.1 Å². The smallest absolute Gasteiger partial charge is 0.259 e. The third kappa shape index (κ3) is 8.09. The molecule has 9 nitrogen and oxygen atoms in total. The Morgan fingerprint density at radius 1 is 1.26 bits per heavy atom. The normalized spacial score (nSPS) is 21.0. The molecule has 0 spiro atoms. The van der Waals surface area contributed by atoms with E-state index >= 15 is 0 Å². The average molecular weight is 535 g/mol. The van der Waals surface area contributed by atoms with Gasteiger partial charge in [-0.1, -0.05) is 34.6 Å². The fourth-order valence-corrected chi connectivity index (χ4v) is 5.08. The Bertz CT molecular complexity index is 930. The van der Waals surface area contributed by atoms with Crippen LogP contribution in [-0.2, 0) is 14.9 Å². The highest BCUT2D eigenvalue weighted by Crippen LogP contribution is 2.26. The molecule has 1 aromatic rings. The summed E-state index contributed by atoms with van der Waals surface area (Å²) in [5.74, 6) is 1.13. The van der Waals surface area contributed by atoms with Crippen LogP contribution in [0.25, 0.3) is 0 Å². The molecule has 10 heteroatoms. The second kappa shape index (κ2) is 13.6. The Balaban J connectivity index is 1.83. The molecular formula is C28H47FN6O3. The summed E-state index contributed by atoms with van der Waals surface area (Å²) in [6.45, 7) is 14.2. The second-order valence-electron chi connectivity index (χ2n) is 12.1. The van der Waals surface area contributed by atoms with Gasteiger partial charge in [-0.25, -0.2) is 14.4 Å². The van der Waals surface area contributed by atoms with Gasteiger partial charge in [0, 0.05) is 70.6 Å². The maximum Gasteiger partial charge on any atom is 0.259 e. The molecule has 2 N–H and O–H groups in total. The number of aromatic nitrogens is 2. The SMILES string of the molecule is COCCCNc1nc(C(C)(C)C)ncc1C(=O)N(CC(C)C)[C@@H]1CNC[C@H](C(=O)N2CCC(F)CC2)C1. The van der Waals surface area contributed by atoms with Gasteiger partial charge in [0.25, 0.3) is 5.91 Å². The number of hydrogen-bond donors (Lipinski definition) is 2. The molecule has 3 rings (SSSR count). The van der Waals surface area contributed by atoms with Gasteiger partial charge in [-0.2, -0.15) is 0 Å². The van der Waals surface area contributed by atoms with Crippen molar-refractivity contribution in [1.82, 2.24) is 25.1 Å². The van der Waals surface area contributed by atoms with Crippen molar-refractivity contribution in [2.45, 2.75) is 77.9 Å². The average Bonchev–Trinajstić information content (AvgIpc) is 2.89. The largest absolute Gasteiger partial charge is 0.385 e. The number of halogens is 1. The first kappa shape index (κ1) is 30.2. The van der Waals surface area contributed by atoms with Gasteiger partial charge < -0.3 is 25.2 Å². The number of nitrogens with one attached hydrogen (secondary N) is 2. The first-order valence-corrected chi connectivity index (χ1v) is 14.1. The lowest BCUT2D eigenvalue weighted by Gasteiger charge is -2.40. The molecule has 0 saturated carbocycles. The number of nitrogens with zero attached hydrogens (tertiary/aromatic N) is 4. The van der Waals surface area contributed by atoms with E-state index in [0.29, 0.717) is 82.3 Å². The zero-order valence-electron chi connectivity index (χ0n) is 24.1. The first-order chi connectivity index (χ1) is 18.0. The topological polar surface area (TPSA) is 99.7 Å². The molecule has 0 bridgehead atoms. The van der Waals surface area contributed by atoms with Crippen molar-refractivity contribution in [2.75, 3.05) is 58.3 Å². The molecule has 1 aromatic heterocycles. The van der Waals surface area contributed by atoms with E-state index in [9.17, 15) is 14.0 Å². The summed E-state index contributed by atoms with van der Waals surface area (Å²) in [4.78, 5) is 40.4. The van der Waals surface area contributed by atoms with E-state index in [1.807, 2.05) is 25.7 Å². The highest BCUT2D eigenvalue weighted by atomic mass is 19.1. The van der Waals surface area contributed by atoms with Crippen LogP contribution < -0.4 is 10.6 Å². The van der Waals surface area contributed by atoms with Crippen LogP contribution >= 0.6 is 0 Å². The Kier molecular flexibility index (Phi) is 10.8. The molecule has 0 radical (unpaired) electrons. The van der Waals surface area contributed by atoms with E-state index in [1.165, 1.54) is 0 Å². The van der Waals surface area contributed by atoms with Crippen LogP contribution in [0, 0.1) is 11.8 Å². The Labute approximate surface area is 227 Å². The molecular weight excluding hydrogens is 487 g/mol. The molecule has 3 heterocycles. The van der Waals surface area contributed by atoms with Crippen molar-refractivity contribution >= 4 is 17.6 Å². The standard InChI is InChI=1S/C28H47FN6O3/c1-19(2)18-35(22-14-20(15-30-16-22)25(36)34-11-8-21(29)9-12-34)26(37)23-17-32-27(28(3,4)5)33-24(23)31-10-7-13-38-6/h17,19-22,30H,7-16,18H2,1-6H3,(H,31,32,33)/t20-,22+/m1/s1. The number of carbonyl (C=O) groups excluding carboxylic acids is 2. The summed E-state index contributed by atoms with van der Waals surface area (Å²) >= 11 is 0. The quantitative estimate of drug-likeness (QED) is 0.445. The van der Waals surface area contributed by atoms with Gasteiger partial charge in [-0.3, -0.25) is 9.59 Å². The second-order valence-corrected chi connectivity index (χ2v) is 12.1. The monoisotopic (exact) mass is 534 g/mol. The minimum absolute atomic E-state index is 0.0596. The summed E-state index contributed by atoms with van der Waals surface area (Å²) in [5.41, 5.74) is 0.175. The molecule has 2 amide bonds. The fraction of sp³-hybridized carbons (Fsp3) is 0.786. The summed E-state index contributed by atoms with van der Waals surface area (Å²) < 4.78 is 18.8. The van der Waals surface area contributed by atoms with Gasteiger partial charge in [0.05, 0.1) is 5.92 Å². The van der Waals surface area contributed by atoms with Gasteiger partial charge in [-0.05, 0) is 31.6 Å². The number of rotatable bonds is 10. The summed E-state index contributed by atoms with van der Waals surface area (Å²) in [6, 6.07) is -0.144. The zero-order valence-corrected chi connectivity index (χ0v) is 24.1. The van der Waals surface area contributed by atoms with Crippen LogP contribution in [0.15, 0.2) is 6.20 Å². The van der Waals surface area contributed by atoms with Gasteiger partial charge >= 0.3 is 0 Å². The van der Waals surface area contributed by atoms with Crippen LogP contribution in [0.5, 0.6) is 0 Å². The number of likely N-dealkylation sites (tertiary alicyclic amines) is 1. The lowest BCUT2D eigenvalue weighted by Crippen LogP contribution is -2.55. The van der Waals surface area contributed by atoms with Gasteiger partial charge in [0.2, 0.25) is 5.91 Å². The predicted molar refractivity (Wildman–Crippen MR) is 147 cm³/mol. The van der Waals surface area contributed by atoms with Crippen molar-refractivity contribution in [3.8, 4) is 0 Å². The van der Waals surface area contributed by atoms with E-state index in [4.69, 9.17) is 9.72 Å². The summed E-state index contributed by atoms with van der Waals surface area (Å²) in [7, 11) is 1.67. The van der Waals surface area contributed by atoms with Crippen LogP contribution in [0.1, 0.15) is 76.5 Å². The van der Waals surface area contributed by atoms with Crippen molar-refractivity contribution in [1.29, 1.82) is 0 Å². The molecule has 2 atom stereocenters. The minimum atomic E-state index is -0.820. The molecule has 2 fully saturated rings. The number of alkyl halides is 1. The highest BCUT2D eigenvalue weighted by molar-refractivity contribution is 5.98. The molecule has 38 heavy (non-hydrogen) atoms. The number of anilines is 1. The van der Waals surface area contributed by atoms with E-state index in [0.717, 1.165) is 6.42 Å². The molecule has 2 aliphatic heterocycles. The van der Waals surface area contributed by atoms with E-state index in [2.05, 4.69) is 29.5 Å². The first-order valence-electron chi connectivity index (χ1n) is 14.1. The Morgan fingerprint density at radius 2 is 1.97 bits per heavy atom. The van der Waals surface area contributed by atoms with Crippen LogP contribution in [0.3, 0.4) is 0 Å². The van der Waals surface area contributed by atoms with Gasteiger partial charge in [-0.15, -0.1) is 0 Å². The number of methoxy groups -OCH3 is 1. The Hall–Kier alpha value is -2.33. The molecule has 214 valence electrons. The number of carbonyl (C=O) groups is 2. The lowest BCUT2D eigenvalue weighted by atomic mass is 9.91. The number of ether oxygens (including phenoxy) is 1. The Morgan fingerprint density at radius 3 is 2.61 bits per heavy atom. The van der Waals surface area contributed by atoms with Gasteiger partial charge in [0.1, 0.15) is 23.4 Å². The molecule has 0 aromatic carbocycles. The number of piperidine rings is 2. The maximum absolute atomic E-state index is 14.1. The van der Waals surface area contributed by atoms with Crippen molar-refractivity contribution in [3.63, 3.8) is 0 Å². The van der Waals surface area contributed by atoms with Crippen molar-refractivity contribution < 1.29 is 18.7 Å². The maximum atomic E-state index is 14.1. The predicted octanol–water partition coefficient (Wildman–Crippen LogP) is 3.26. The highest BCUT2D eigenvalue weighted by Gasteiger charge is 2.37. The van der Waals surface area contributed by atoms with Crippen LogP contribution in [-0.4, -0.2) is 96.8 Å². The van der Waals surface area contributed by atoms with E-state index in [1.54, 1.807) is 18.2 Å². The summed E-state index contributed by atoms with van der Waals surface area (Å²) in [6.07, 6.45) is 2.99.